The molecule has 1 fully saturated rings. The van der Waals surface area contributed by atoms with Gasteiger partial charge in [0, 0.05) is 35.5 Å². The van der Waals surface area contributed by atoms with Gasteiger partial charge in [-0.05, 0) is 24.6 Å². The molecule has 2 aromatic carbocycles. The van der Waals surface area contributed by atoms with E-state index < -0.39 is 31.8 Å². The van der Waals surface area contributed by atoms with Crippen LogP contribution in [0.5, 0.6) is 11.5 Å². The zero-order chi connectivity index (χ0) is 21.9. The lowest BCUT2D eigenvalue weighted by atomic mass is 10.2. The van der Waals surface area contributed by atoms with Gasteiger partial charge in [-0.3, -0.25) is 4.79 Å². The van der Waals surface area contributed by atoms with Gasteiger partial charge in [-0.1, -0.05) is 6.07 Å². The average Bonchev–Trinajstić information content (AvgIpc) is 3.05. The summed E-state index contributed by atoms with van der Waals surface area (Å²) in [6.45, 7) is 0. The second-order valence-electron chi connectivity index (χ2n) is 6.80. The van der Waals surface area contributed by atoms with Gasteiger partial charge in [0.2, 0.25) is 10.0 Å². The first-order chi connectivity index (χ1) is 14.1. The first-order valence-electron chi connectivity index (χ1n) is 8.99. The fraction of sp³-hybridized carbons (Fsp3) is 0.316. The summed E-state index contributed by atoms with van der Waals surface area (Å²) in [6.07, 6.45) is 0.222. The fourth-order valence-electron chi connectivity index (χ4n) is 3.06. The summed E-state index contributed by atoms with van der Waals surface area (Å²) in [5.74, 6) is 0.163. The molecule has 0 saturated carbocycles. The predicted molar refractivity (Wildman–Crippen MR) is 111 cm³/mol. The van der Waals surface area contributed by atoms with E-state index in [4.69, 9.17) is 9.47 Å². The van der Waals surface area contributed by atoms with E-state index in [9.17, 15) is 21.6 Å². The Bertz CT molecular complexity index is 1140. The van der Waals surface area contributed by atoms with Crippen LogP contribution in [0.2, 0.25) is 0 Å². The van der Waals surface area contributed by atoms with Crippen molar-refractivity contribution in [2.75, 3.05) is 31.0 Å². The maximum absolute atomic E-state index is 12.6. The van der Waals surface area contributed by atoms with Gasteiger partial charge in [-0.15, -0.1) is 0 Å². The number of benzene rings is 2. The molecule has 1 aliphatic rings. The molecule has 1 aliphatic heterocycles. The van der Waals surface area contributed by atoms with Gasteiger partial charge in [-0.25, -0.2) is 21.6 Å². The van der Waals surface area contributed by atoms with Crippen LogP contribution in [-0.2, 0) is 19.9 Å². The number of anilines is 1. The molecular formula is C19H22N2O7S2. The summed E-state index contributed by atoms with van der Waals surface area (Å²) in [6, 6.07) is 9.67. The number of rotatable bonds is 7. The Balaban J connectivity index is 1.78. The van der Waals surface area contributed by atoms with Crippen molar-refractivity contribution in [2.45, 2.75) is 17.4 Å². The quantitative estimate of drug-likeness (QED) is 0.648. The molecule has 2 N–H and O–H groups in total. The summed E-state index contributed by atoms with van der Waals surface area (Å²) in [7, 11) is -4.24. The minimum atomic E-state index is -3.98. The third-order valence-electron chi connectivity index (χ3n) is 4.57. The van der Waals surface area contributed by atoms with Crippen LogP contribution in [0, 0.1) is 0 Å². The standard InChI is InChI=1S/C19H22N2O7S2/c1-27-16-9-15(10-17(11-16)28-2)20-19(22)13-4-3-5-18(8-13)30(25,26)21-14-6-7-29(23,24)12-14/h3-5,8-11,14,21H,6-7,12H2,1-2H3,(H,20,22). The van der Waals surface area contributed by atoms with E-state index >= 15 is 0 Å². The molecule has 0 bridgehead atoms. The first kappa shape index (κ1) is 22.1. The van der Waals surface area contributed by atoms with E-state index in [-0.39, 0.29) is 28.4 Å². The van der Waals surface area contributed by atoms with Crippen molar-refractivity contribution in [1.82, 2.24) is 4.72 Å². The third kappa shape index (κ3) is 5.29. The molecule has 1 atom stereocenters. The van der Waals surface area contributed by atoms with Crippen molar-refractivity contribution >= 4 is 31.5 Å². The lowest BCUT2D eigenvalue weighted by molar-refractivity contribution is 0.102. The number of sulfonamides is 1. The Labute approximate surface area is 175 Å². The van der Waals surface area contributed by atoms with Crippen molar-refractivity contribution < 1.29 is 31.1 Å². The molecular weight excluding hydrogens is 432 g/mol. The highest BCUT2D eigenvalue weighted by Gasteiger charge is 2.31. The predicted octanol–water partition coefficient (Wildman–Crippen LogP) is 1.42. The van der Waals surface area contributed by atoms with Gasteiger partial charge < -0.3 is 14.8 Å². The smallest absolute Gasteiger partial charge is 0.255 e. The first-order valence-corrected chi connectivity index (χ1v) is 12.3. The lowest BCUT2D eigenvalue weighted by Gasteiger charge is -2.13. The molecule has 1 unspecified atom stereocenters. The second-order valence-corrected chi connectivity index (χ2v) is 10.7. The summed E-state index contributed by atoms with van der Waals surface area (Å²) in [5.41, 5.74) is 0.539. The van der Waals surface area contributed by atoms with Crippen LogP contribution in [-0.4, -0.2) is 54.5 Å². The maximum Gasteiger partial charge on any atom is 0.255 e. The molecule has 0 aliphatic carbocycles. The molecule has 1 amide bonds. The van der Waals surface area contributed by atoms with E-state index in [0.717, 1.165) is 0 Å². The second kappa shape index (κ2) is 8.62. The molecule has 2 aromatic rings. The van der Waals surface area contributed by atoms with Gasteiger partial charge >= 0.3 is 0 Å². The highest BCUT2D eigenvalue weighted by Crippen LogP contribution is 2.26. The van der Waals surface area contributed by atoms with E-state index in [0.29, 0.717) is 17.2 Å². The molecule has 162 valence electrons. The Kier molecular flexibility index (Phi) is 6.34. The Morgan fingerprint density at radius 1 is 1.07 bits per heavy atom. The van der Waals surface area contributed by atoms with Crippen LogP contribution in [0.1, 0.15) is 16.8 Å². The number of methoxy groups -OCH3 is 2. The van der Waals surface area contributed by atoms with E-state index in [1.807, 2.05) is 0 Å². The van der Waals surface area contributed by atoms with Crippen LogP contribution < -0.4 is 19.5 Å². The zero-order valence-corrected chi connectivity index (χ0v) is 18.0. The molecule has 0 spiro atoms. The largest absolute Gasteiger partial charge is 0.497 e. The monoisotopic (exact) mass is 454 g/mol. The summed E-state index contributed by atoms with van der Waals surface area (Å²) in [5, 5.41) is 2.68. The van der Waals surface area contributed by atoms with Crippen molar-refractivity contribution in [3.05, 3.63) is 48.0 Å². The fourth-order valence-corrected chi connectivity index (χ4v) is 6.16. The number of hydrogen-bond acceptors (Lipinski definition) is 7. The summed E-state index contributed by atoms with van der Waals surface area (Å²) in [4.78, 5) is 12.5. The number of amides is 1. The minimum absolute atomic E-state index is 0.0490. The number of sulfone groups is 1. The molecule has 30 heavy (non-hydrogen) atoms. The van der Waals surface area contributed by atoms with Crippen LogP contribution in [0.15, 0.2) is 47.4 Å². The van der Waals surface area contributed by atoms with Gasteiger partial charge in [0.05, 0.1) is 30.6 Å². The number of carbonyl (C=O) groups excluding carboxylic acids is 1. The number of nitrogens with one attached hydrogen (secondary N) is 2. The van der Waals surface area contributed by atoms with Gasteiger partial charge in [0.25, 0.3) is 5.91 Å². The molecule has 0 aromatic heterocycles. The van der Waals surface area contributed by atoms with E-state index in [2.05, 4.69) is 10.0 Å². The van der Waals surface area contributed by atoms with Crippen molar-refractivity contribution in [3.63, 3.8) is 0 Å². The molecule has 3 rings (SSSR count). The van der Waals surface area contributed by atoms with E-state index in [1.165, 1.54) is 38.5 Å². The van der Waals surface area contributed by atoms with Gasteiger partial charge in [-0.2, -0.15) is 0 Å². The normalized spacial score (nSPS) is 18.0. The van der Waals surface area contributed by atoms with Crippen molar-refractivity contribution in [3.8, 4) is 11.5 Å². The lowest BCUT2D eigenvalue weighted by Crippen LogP contribution is -2.35. The van der Waals surface area contributed by atoms with Crippen LogP contribution in [0.3, 0.4) is 0 Å². The molecule has 0 radical (unpaired) electrons. The van der Waals surface area contributed by atoms with Crippen LogP contribution in [0.4, 0.5) is 5.69 Å². The average molecular weight is 455 g/mol. The van der Waals surface area contributed by atoms with Crippen molar-refractivity contribution in [1.29, 1.82) is 0 Å². The topological polar surface area (TPSA) is 128 Å². The van der Waals surface area contributed by atoms with Gasteiger partial charge in [0.15, 0.2) is 9.84 Å². The minimum Gasteiger partial charge on any atom is -0.497 e. The van der Waals surface area contributed by atoms with Crippen molar-refractivity contribution in [2.24, 2.45) is 0 Å². The summed E-state index contributed by atoms with van der Waals surface area (Å²) < 4.78 is 61.1. The molecule has 1 saturated heterocycles. The summed E-state index contributed by atoms with van der Waals surface area (Å²) >= 11 is 0. The third-order valence-corrected chi connectivity index (χ3v) is 7.86. The molecule has 1 heterocycles. The zero-order valence-electron chi connectivity index (χ0n) is 16.4. The van der Waals surface area contributed by atoms with Crippen LogP contribution in [0.25, 0.3) is 0 Å². The Morgan fingerprint density at radius 3 is 2.30 bits per heavy atom. The Hall–Kier alpha value is -2.63. The number of ether oxygens (including phenoxy) is 2. The molecule has 9 nitrogen and oxygen atoms in total. The molecule has 11 heteroatoms. The Morgan fingerprint density at radius 2 is 1.73 bits per heavy atom. The highest BCUT2D eigenvalue weighted by molar-refractivity contribution is 7.92. The number of hydrogen-bond donors (Lipinski definition) is 2. The van der Waals surface area contributed by atoms with Gasteiger partial charge in [0.1, 0.15) is 11.5 Å². The maximum atomic E-state index is 12.6. The highest BCUT2D eigenvalue weighted by atomic mass is 32.2. The van der Waals surface area contributed by atoms with E-state index in [1.54, 1.807) is 18.2 Å². The van der Waals surface area contributed by atoms with Crippen LogP contribution >= 0.6 is 0 Å². The SMILES string of the molecule is COc1cc(NC(=O)c2cccc(S(=O)(=O)NC3CCS(=O)(=O)C3)c2)cc(OC)c1. The number of carbonyl (C=O) groups is 1.